The van der Waals surface area contributed by atoms with Crippen LogP contribution < -0.4 is 20.8 Å². The Labute approximate surface area is 151 Å². The second kappa shape index (κ2) is 7.36. The number of fused-ring (bicyclic) bond motifs is 1. The smallest absolute Gasteiger partial charge is 0.343 e. The Hall–Kier alpha value is -3.20. The molecule has 3 rings (SSSR count). The lowest BCUT2D eigenvalue weighted by Crippen LogP contribution is -2.26. The highest BCUT2D eigenvalue weighted by Crippen LogP contribution is 2.43. The molecule has 0 spiro atoms. The molecule has 6 heteroatoms. The molecule has 134 valence electrons. The Morgan fingerprint density at radius 3 is 2.85 bits per heavy atom. The number of benzene rings is 1. The maximum Gasteiger partial charge on any atom is 0.343 e. The van der Waals surface area contributed by atoms with Crippen LogP contribution in [0.3, 0.4) is 0 Å². The first kappa shape index (κ1) is 17.6. The fraction of sp³-hybridized carbons (Fsp3) is 0.300. The summed E-state index contributed by atoms with van der Waals surface area (Å²) in [4.78, 5) is 12.5. The number of rotatable bonds is 5. The van der Waals surface area contributed by atoms with Crippen LogP contribution in [-0.2, 0) is 0 Å². The van der Waals surface area contributed by atoms with Gasteiger partial charge in [0.05, 0.1) is 18.1 Å². The van der Waals surface area contributed by atoms with E-state index in [2.05, 4.69) is 13.0 Å². The molecule has 1 aliphatic rings. The van der Waals surface area contributed by atoms with Gasteiger partial charge >= 0.3 is 5.63 Å². The third-order valence-corrected chi connectivity index (χ3v) is 4.24. The molecule has 0 unspecified atom stereocenters. The Bertz CT molecular complexity index is 953. The molecule has 1 aromatic carbocycles. The van der Waals surface area contributed by atoms with Crippen LogP contribution in [0.4, 0.5) is 0 Å². The van der Waals surface area contributed by atoms with Crippen LogP contribution in [0, 0.1) is 18.3 Å². The van der Waals surface area contributed by atoms with Gasteiger partial charge in [0.25, 0.3) is 0 Å². The Morgan fingerprint density at radius 2 is 2.12 bits per heavy atom. The lowest BCUT2D eigenvalue weighted by Gasteiger charge is -2.26. The summed E-state index contributed by atoms with van der Waals surface area (Å²) in [7, 11) is 0. The largest absolute Gasteiger partial charge is 0.493 e. The van der Waals surface area contributed by atoms with Crippen LogP contribution in [0.5, 0.6) is 11.5 Å². The highest BCUT2D eigenvalue weighted by molar-refractivity contribution is 5.57. The van der Waals surface area contributed by atoms with Gasteiger partial charge in [-0.1, -0.05) is 31.5 Å². The van der Waals surface area contributed by atoms with Crippen molar-refractivity contribution in [3.05, 3.63) is 69.1 Å². The van der Waals surface area contributed by atoms with Crippen molar-refractivity contribution in [1.29, 1.82) is 5.26 Å². The molecule has 0 saturated carbocycles. The molecule has 1 atom stereocenters. The molecule has 0 bridgehead atoms. The molecule has 0 radical (unpaired) electrons. The van der Waals surface area contributed by atoms with Gasteiger partial charge in [0.2, 0.25) is 5.88 Å². The average molecular weight is 352 g/mol. The van der Waals surface area contributed by atoms with Gasteiger partial charge < -0.3 is 19.6 Å². The van der Waals surface area contributed by atoms with E-state index in [1.54, 1.807) is 13.0 Å². The first-order valence-corrected chi connectivity index (χ1v) is 8.50. The zero-order valence-corrected chi connectivity index (χ0v) is 14.7. The second-order valence-corrected chi connectivity index (χ2v) is 6.09. The molecule has 2 aromatic rings. The quantitative estimate of drug-likeness (QED) is 0.829. The van der Waals surface area contributed by atoms with E-state index in [-0.39, 0.29) is 17.0 Å². The van der Waals surface area contributed by atoms with Crippen molar-refractivity contribution in [3.8, 4) is 17.6 Å². The Kier molecular flexibility index (Phi) is 4.99. The molecule has 0 saturated heterocycles. The van der Waals surface area contributed by atoms with Crippen molar-refractivity contribution < 1.29 is 13.9 Å². The summed E-state index contributed by atoms with van der Waals surface area (Å²) >= 11 is 0. The zero-order chi connectivity index (χ0) is 18.7. The molecule has 6 nitrogen and oxygen atoms in total. The first-order valence-electron chi connectivity index (χ1n) is 8.50. The summed E-state index contributed by atoms with van der Waals surface area (Å²) in [5.41, 5.74) is 6.53. The SMILES string of the molecule is CCCCOc1ccccc1[C@@H]1C(C#N)=C(N)Oc2cc(C)oc(=O)c21. The monoisotopic (exact) mass is 352 g/mol. The standard InChI is InChI=1S/C20H20N2O4/c1-3-4-9-24-15-8-6-5-7-13(15)17-14(11-21)19(22)26-16-10-12(2)25-20(23)18(16)17/h5-8,10,17H,3-4,9,22H2,1-2H3/t17-/m1/s1. The minimum absolute atomic E-state index is 0.0154. The maximum absolute atomic E-state index is 12.5. The summed E-state index contributed by atoms with van der Waals surface area (Å²) in [5, 5.41) is 9.63. The number of allylic oxidation sites excluding steroid dienone is 1. The fourth-order valence-electron chi connectivity index (χ4n) is 3.01. The van der Waals surface area contributed by atoms with Gasteiger partial charge in [-0.05, 0) is 19.4 Å². The van der Waals surface area contributed by atoms with Crippen molar-refractivity contribution in [2.75, 3.05) is 6.61 Å². The van der Waals surface area contributed by atoms with Crippen LogP contribution in [0.15, 0.2) is 51.0 Å². The third kappa shape index (κ3) is 3.16. The number of hydrogen-bond donors (Lipinski definition) is 1. The number of nitrogens with zero attached hydrogens (tertiary/aromatic N) is 1. The molecule has 1 aliphatic heterocycles. The topological polar surface area (TPSA) is 98.5 Å². The first-order chi connectivity index (χ1) is 12.6. The van der Waals surface area contributed by atoms with Crippen LogP contribution in [0.2, 0.25) is 0 Å². The highest BCUT2D eigenvalue weighted by atomic mass is 16.5. The second-order valence-electron chi connectivity index (χ2n) is 6.09. The minimum atomic E-state index is -0.696. The highest BCUT2D eigenvalue weighted by Gasteiger charge is 2.35. The normalized spacial score (nSPS) is 15.8. The van der Waals surface area contributed by atoms with Crippen LogP contribution >= 0.6 is 0 Å². The van der Waals surface area contributed by atoms with E-state index in [1.807, 2.05) is 24.3 Å². The molecule has 1 aromatic heterocycles. The number of hydrogen-bond acceptors (Lipinski definition) is 6. The maximum atomic E-state index is 12.5. The molecular weight excluding hydrogens is 332 g/mol. The van der Waals surface area contributed by atoms with E-state index in [4.69, 9.17) is 19.6 Å². The molecule has 0 aliphatic carbocycles. The fourth-order valence-corrected chi connectivity index (χ4v) is 3.01. The van der Waals surface area contributed by atoms with Gasteiger partial charge in [-0.3, -0.25) is 0 Å². The van der Waals surface area contributed by atoms with Gasteiger partial charge in [0.15, 0.2) is 0 Å². The van der Waals surface area contributed by atoms with Gasteiger partial charge in [-0.25, -0.2) is 4.79 Å². The van der Waals surface area contributed by atoms with Crippen molar-refractivity contribution in [3.63, 3.8) is 0 Å². The number of aryl methyl sites for hydroxylation is 1. The van der Waals surface area contributed by atoms with Crippen LogP contribution in [-0.4, -0.2) is 6.61 Å². The Balaban J connectivity index is 2.18. The molecule has 0 fully saturated rings. The number of unbranched alkanes of at least 4 members (excludes halogenated alkanes) is 1. The summed E-state index contributed by atoms with van der Waals surface area (Å²) in [5.74, 6) is 0.618. The number of para-hydroxylation sites is 1. The average Bonchev–Trinajstić information content (AvgIpc) is 2.61. The van der Waals surface area contributed by atoms with E-state index < -0.39 is 11.5 Å². The van der Waals surface area contributed by atoms with E-state index in [9.17, 15) is 10.1 Å². The molecule has 26 heavy (non-hydrogen) atoms. The van der Waals surface area contributed by atoms with E-state index >= 15 is 0 Å². The predicted octanol–water partition coefficient (Wildman–Crippen LogP) is 3.35. The summed E-state index contributed by atoms with van der Waals surface area (Å²) in [6, 6.07) is 11.0. The Morgan fingerprint density at radius 1 is 1.35 bits per heavy atom. The number of nitriles is 1. The predicted molar refractivity (Wildman–Crippen MR) is 95.9 cm³/mol. The molecule has 2 heterocycles. The van der Waals surface area contributed by atoms with Crippen molar-refractivity contribution in [2.24, 2.45) is 5.73 Å². The number of ether oxygens (including phenoxy) is 2. The van der Waals surface area contributed by atoms with Crippen LogP contribution in [0.25, 0.3) is 0 Å². The molecule has 2 N–H and O–H groups in total. The van der Waals surface area contributed by atoms with Gasteiger partial charge in [-0.2, -0.15) is 5.26 Å². The lowest BCUT2D eigenvalue weighted by molar-refractivity contribution is 0.304. The van der Waals surface area contributed by atoms with E-state index in [0.29, 0.717) is 29.4 Å². The van der Waals surface area contributed by atoms with Crippen molar-refractivity contribution >= 4 is 0 Å². The third-order valence-electron chi connectivity index (χ3n) is 4.24. The van der Waals surface area contributed by atoms with E-state index in [0.717, 1.165) is 12.8 Å². The van der Waals surface area contributed by atoms with Gasteiger partial charge in [-0.15, -0.1) is 0 Å². The summed E-state index contributed by atoms with van der Waals surface area (Å²) in [6.07, 6.45) is 1.91. The van der Waals surface area contributed by atoms with Gasteiger partial charge in [0.1, 0.15) is 28.9 Å². The lowest BCUT2D eigenvalue weighted by atomic mass is 9.84. The van der Waals surface area contributed by atoms with Crippen molar-refractivity contribution in [2.45, 2.75) is 32.6 Å². The summed E-state index contributed by atoms with van der Waals surface area (Å²) < 4.78 is 16.7. The minimum Gasteiger partial charge on any atom is -0.493 e. The number of nitrogens with two attached hydrogens (primary N) is 1. The van der Waals surface area contributed by atoms with Crippen molar-refractivity contribution in [1.82, 2.24) is 0 Å². The molecule has 0 amide bonds. The van der Waals surface area contributed by atoms with Gasteiger partial charge in [0, 0.05) is 11.6 Å². The zero-order valence-electron chi connectivity index (χ0n) is 14.7. The van der Waals surface area contributed by atoms with E-state index in [1.165, 1.54) is 0 Å². The summed E-state index contributed by atoms with van der Waals surface area (Å²) in [6.45, 7) is 4.28. The molecular formula is C20H20N2O4. The van der Waals surface area contributed by atoms with Crippen LogP contribution in [0.1, 0.15) is 42.6 Å².